The summed E-state index contributed by atoms with van der Waals surface area (Å²) in [6.07, 6.45) is 3.38. The van der Waals surface area contributed by atoms with Gasteiger partial charge in [-0.25, -0.2) is 9.37 Å². The number of benzene rings is 2. The minimum absolute atomic E-state index is 0.165. The van der Waals surface area contributed by atoms with Crippen LogP contribution in [-0.2, 0) is 22.6 Å². The number of rotatable bonds is 9. The van der Waals surface area contributed by atoms with E-state index in [1.807, 2.05) is 17.0 Å². The number of carbonyl (C=O) groups excluding carboxylic acids is 1. The second-order valence-electron chi connectivity index (χ2n) is 8.49. The van der Waals surface area contributed by atoms with Crippen LogP contribution in [0.1, 0.15) is 37.1 Å². The van der Waals surface area contributed by atoms with Gasteiger partial charge in [0.2, 0.25) is 5.91 Å². The molecule has 3 aromatic rings. The van der Waals surface area contributed by atoms with Gasteiger partial charge in [0.1, 0.15) is 23.2 Å². The molecule has 1 aromatic heterocycles. The summed E-state index contributed by atoms with van der Waals surface area (Å²) in [5, 5.41) is 3.51. The highest BCUT2D eigenvalue weighted by Crippen LogP contribution is 2.33. The maximum Gasteiger partial charge on any atom is 0.223 e. The van der Waals surface area contributed by atoms with Gasteiger partial charge in [0.25, 0.3) is 0 Å². The Morgan fingerprint density at radius 1 is 1.06 bits per heavy atom. The fourth-order valence-corrected chi connectivity index (χ4v) is 4.11. The van der Waals surface area contributed by atoms with Crippen molar-refractivity contribution < 1.29 is 13.9 Å². The summed E-state index contributed by atoms with van der Waals surface area (Å²) < 4.78 is 20.7. The Balaban J connectivity index is 1.55. The minimum atomic E-state index is -0.280. The number of methoxy groups -OCH3 is 1. The van der Waals surface area contributed by atoms with Crippen LogP contribution in [0.15, 0.2) is 48.5 Å². The first-order valence-electron chi connectivity index (χ1n) is 11.5. The van der Waals surface area contributed by atoms with Crippen LogP contribution in [-0.4, -0.2) is 40.6 Å². The second kappa shape index (κ2) is 10.6. The number of aryl methyl sites for hydroxylation is 1. The van der Waals surface area contributed by atoms with Gasteiger partial charge in [-0.2, -0.15) is 0 Å². The van der Waals surface area contributed by atoms with Crippen molar-refractivity contribution in [1.82, 2.24) is 14.5 Å². The van der Waals surface area contributed by atoms with E-state index in [-0.39, 0.29) is 11.7 Å². The Kier molecular flexibility index (Phi) is 7.40. The Morgan fingerprint density at radius 3 is 2.55 bits per heavy atom. The average Bonchev–Trinajstić information content (AvgIpc) is 3.18. The lowest BCUT2D eigenvalue weighted by molar-refractivity contribution is -0.132. The highest BCUT2D eigenvalue weighted by atomic mass is 19.1. The summed E-state index contributed by atoms with van der Waals surface area (Å²) in [6.45, 7) is 4.56. The van der Waals surface area contributed by atoms with Crippen LogP contribution in [0.25, 0.3) is 11.3 Å². The van der Waals surface area contributed by atoms with Gasteiger partial charge in [-0.05, 0) is 56.2 Å². The Morgan fingerprint density at radius 2 is 1.82 bits per heavy atom. The highest BCUT2D eigenvalue weighted by molar-refractivity contribution is 5.78. The van der Waals surface area contributed by atoms with Crippen molar-refractivity contribution in [2.75, 3.05) is 25.6 Å². The highest BCUT2D eigenvalue weighted by Gasteiger charge is 2.26. The molecule has 0 fully saturated rings. The van der Waals surface area contributed by atoms with Gasteiger partial charge in [0.15, 0.2) is 0 Å². The van der Waals surface area contributed by atoms with E-state index in [0.29, 0.717) is 26.1 Å². The zero-order chi connectivity index (χ0) is 23.2. The van der Waals surface area contributed by atoms with Gasteiger partial charge in [-0.15, -0.1) is 0 Å². The van der Waals surface area contributed by atoms with Crippen molar-refractivity contribution in [3.8, 4) is 11.3 Å². The van der Waals surface area contributed by atoms with Crippen LogP contribution in [0, 0.1) is 12.7 Å². The number of imidazole rings is 1. The molecule has 6 nitrogen and oxygen atoms in total. The van der Waals surface area contributed by atoms with Gasteiger partial charge >= 0.3 is 0 Å². The topological polar surface area (TPSA) is 59.4 Å². The summed E-state index contributed by atoms with van der Waals surface area (Å²) >= 11 is 0. The molecule has 0 spiro atoms. The first-order chi connectivity index (χ1) is 16.0. The molecule has 2 heterocycles. The van der Waals surface area contributed by atoms with Crippen LogP contribution < -0.4 is 5.32 Å². The van der Waals surface area contributed by atoms with E-state index in [0.717, 1.165) is 54.5 Å². The third kappa shape index (κ3) is 5.60. The minimum Gasteiger partial charge on any atom is -0.385 e. The van der Waals surface area contributed by atoms with E-state index in [4.69, 9.17) is 9.72 Å². The lowest BCUT2D eigenvalue weighted by Gasteiger charge is -2.28. The lowest BCUT2D eigenvalue weighted by atomic mass is 10.1. The third-order valence-electron chi connectivity index (χ3n) is 6.00. The summed E-state index contributed by atoms with van der Waals surface area (Å²) in [4.78, 5) is 19.5. The summed E-state index contributed by atoms with van der Waals surface area (Å²) in [6, 6.07) is 14.6. The number of fused-ring (bicyclic) bond motifs is 1. The molecule has 0 unspecified atom stereocenters. The monoisotopic (exact) mass is 450 g/mol. The van der Waals surface area contributed by atoms with Crippen molar-refractivity contribution in [2.24, 2.45) is 0 Å². The predicted molar refractivity (Wildman–Crippen MR) is 128 cm³/mol. The number of halogens is 1. The quantitative estimate of drug-likeness (QED) is 0.450. The van der Waals surface area contributed by atoms with Crippen LogP contribution in [0.4, 0.5) is 15.9 Å². The number of nitrogens with zero attached hydrogens (tertiary/aromatic N) is 3. The molecule has 0 aliphatic carbocycles. The number of aromatic nitrogens is 2. The molecule has 0 radical (unpaired) electrons. The molecule has 4 rings (SSSR count). The maximum absolute atomic E-state index is 13.5. The van der Waals surface area contributed by atoms with E-state index in [1.165, 1.54) is 17.7 Å². The van der Waals surface area contributed by atoms with E-state index in [1.54, 1.807) is 19.2 Å². The number of anilines is 2. The SMILES string of the molecule is COCCCCCC(=O)N1CCn2c(nc(-c3ccc(F)cc3)c2Nc2ccc(C)cc2)C1. The van der Waals surface area contributed by atoms with Crippen LogP contribution in [0.2, 0.25) is 0 Å². The largest absolute Gasteiger partial charge is 0.385 e. The van der Waals surface area contributed by atoms with E-state index in [2.05, 4.69) is 28.9 Å². The molecule has 0 bridgehead atoms. The van der Waals surface area contributed by atoms with Gasteiger partial charge < -0.3 is 19.5 Å². The zero-order valence-electron chi connectivity index (χ0n) is 19.3. The van der Waals surface area contributed by atoms with Crippen molar-refractivity contribution in [1.29, 1.82) is 0 Å². The van der Waals surface area contributed by atoms with Crippen LogP contribution in [0.3, 0.4) is 0 Å². The number of unbranched alkanes of at least 4 members (excludes halogenated alkanes) is 2. The number of amides is 1. The lowest BCUT2D eigenvalue weighted by Crippen LogP contribution is -2.38. The van der Waals surface area contributed by atoms with Gasteiger partial charge in [0, 0.05) is 44.5 Å². The molecule has 1 aliphatic heterocycles. The van der Waals surface area contributed by atoms with Crippen molar-refractivity contribution in [3.05, 3.63) is 65.7 Å². The Bertz CT molecular complexity index is 1080. The van der Waals surface area contributed by atoms with E-state index in [9.17, 15) is 9.18 Å². The maximum atomic E-state index is 13.5. The molecular formula is C26H31FN4O2. The summed E-state index contributed by atoms with van der Waals surface area (Å²) in [5.74, 6) is 1.59. The van der Waals surface area contributed by atoms with Crippen LogP contribution >= 0.6 is 0 Å². The smallest absolute Gasteiger partial charge is 0.223 e. The number of hydrogen-bond acceptors (Lipinski definition) is 4. The zero-order valence-corrected chi connectivity index (χ0v) is 19.3. The first kappa shape index (κ1) is 23.0. The molecule has 7 heteroatoms. The number of nitrogens with one attached hydrogen (secondary N) is 1. The van der Waals surface area contributed by atoms with Crippen molar-refractivity contribution in [2.45, 2.75) is 45.7 Å². The van der Waals surface area contributed by atoms with Gasteiger partial charge in [-0.1, -0.05) is 24.1 Å². The third-order valence-corrected chi connectivity index (χ3v) is 6.00. The average molecular weight is 451 g/mol. The van der Waals surface area contributed by atoms with Crippen LogP contribution in [0.5, 0.6) is 0 Å². The summed E-state index contributed by atoms with van der Waals surface area (Å²) in [7, 11) is 1.70. The normalized spacial score (nSPS) is 13.1. The fourth-order valence-electron chi connectivity index (χ4n) is 4.11. The molecular weight excluding hydrogens is 419 g/mol. The Hall–Kier alpha value is -3.19. The van der Waals surface area contributed by atoms with E-state index < -0.39 is 0 Å². The molecule has 2 aromatic carbocycles. The van der Waals surface area contributed by atoms with E-state index >= 15 is 0 Å². The number of carbonyl (C=O) groups is 1. The molecule has 0 saturated carbocycles. The predicted octanol–water partition coefficient (Wildman–Crippen LogP) is 5.29. The Labute approximate surface area is 194 Å². The fraction of sp³-hybridized carbons (Fsp3) is 0.385. The van der Waals surface area contributed by atoms with Crippen molar-refractivity contribution in [3.63, 3.8) is 0 Å². The van der Waals surface area contributed by atoms with Crippen molar-refractivity contribution >= 4 is 17.4 Å². The summed E-state index contributed by atoms with van der Waals surface area (Å²) in [5.41, 5.74) is 3.75. The second-order valence-corrected chi connectivity index (χ2v) is 8.49. The molecule has 1 amide bonds. The molecule has 0 atom stereocenters. The standard InChI is InChI=1S/C26H31FN4O2/c1-19-7-13-22(14-8-19)28-26-25(20-9-11-21(27)12-10-20)29-23-18-30(15-16-31(23)26)24(32)6-4-3-5-17-33-2/h7-14,28H,3-6,15-18H2,1-2H3. The van der Waals surface area contributed by atoms with Gasteiger partial charge in [-0.3, -0.25) is 4.79 Å². The number of hydrogen-bond donors (Lipinski definition) is 1. The molecule has 33 heavy (non-hydrogen) atoms. The first-order valence-corrected chi connectivity index (χ1v) is 11.5. The molecule has 1 N–H and O–H groups in total. The molecule has 1 aliphatic rings. The molecule has 174 valence electrons. The van der Waals surface area contributed by atoms with Gasteiger partial charge in [0.05, 0.1) is 6.54 Å². The number of ether oxygens (including phenoxy) is 1. The molecule has 0 saturated heterocycles.